The van der Waals surface area contributed by atoms with Crippen molar-refractivity contribution in [2.75, 3.05) is 18.4 Å². The molecule has 0 atom stereocenters. The van der Waals surface area contributed by atoms with Gasteiger partial charge in [-0.2, -0.15) is 4.31 Å². The SMILES string of the molecule is Cc1sc(NC(=O)c2cc(S(=O)(=O)N3CCCC3)cn2C)c(C(N)=O)c1C. The van der Waals surface area contributed by atoms with Gasteiger partial charge in [-0.3, -0.25) is 9.59 Å². The lowest BCUT2D eigenvalue weighted by Crippen LogP contribution is -2.27. The molecule has 3 rings (SSSR count). The van der Waals surface area contributed by atoms with Crippen LogP contribution in [0, 0.1) is 13.8 Å². The largest absolute Gasteiger partial charge is 0.365 e. The third-order valence-corrected chi connectivity index (χ3v) is 7.76. The van der Waals surface area contributed by atoms with E-state index in [1.165, 1.54) is 32.5 Å². The van der Waals surface area contributed by atoms with E-state index in [2.05, 4.69) is 5.32 Å². The van der Waals surface area contributed by atoms with Crippen LogP contribution in [0.5, 0.6) is 0 Å². The lowest BCUT2D eigenvalue weighted by molar-refractivity contribution is 0.100. The van der Waals surface area contributed by atoms with Gasteiger partial charge in [0.25, 0.3) is 11.8 Å². The molecular formula is C17H22N4O4S2. The van der Waals surface area contributed by atoms with Gasteiger partial charge < -0.3 is 15.6 Å². The van der Waals surface area contributed by atoms with Crippen molar-refractivity contribution in [3.63, 3.8) is 0 Å². The molecule has 1 aliphatic rings. The monoisotopic (exact) mass is 410 g/mol. The number of rotatable bonds is 5. The average molecular weight is 411 g/mol. The zero-order valence-corrected chi connectivity index (χ0v) is 17.0. The summed E-state index contributed by atoms with van der Waals surface area (Å²) in [5.41, 5.74) is 6.63. The molecular weight excluding hydrogens is 388 g/mol. The van der Waals surface area contributed by atoms with Crippen LogP contribution >= 0.6 is 11.3 Å². The van der Waals surface area contributed by atoms with Crippen LogP contribution in [0.4, 0.5) is 5.00 Å². The van der Waals surface area contributed by atoms with Crippen LogP contribution in [-0.4, -0.2) is 42.2 Å². The van der Waals surface area contributed by atoms with Crippen molar-refractivity contribution in [2.45, 2.75) is 31.6 Å². The molecule has 0 spiro atoms. The molecule has 1 saturated heterocycles. The van der Waals surface area contributed by atoms with Gasteiger partial charge in [0, 0.05) is 31.2 Å². The van der Waals surface area contributed by atoms with Gasteiger partial charge in [-0.25, -0.2) is 8.42 Å². The molecule has 27 heavy (non-hydrogen) atoms. The lowest BCUT2D eigenvalue weighted by Gasteiger charge is -2.13. The van der Waals surface area contributed by atoms with Crippen molar-refractivity contribution in [1.29, 1.82) is 0 Å². The van der Waals surface area contributed by atoms with Crippen molar-refractivity contribution >= 4 is 38.2 Å². The van der Waals surface area contributed by atoms with Gasteiger partial charge in [0.1, 0.15) is 15.6 Å². The number of thiophene rings is 1. The molecule has 0 aliphatic carbocycles. The number of hydrogen-bond donors (Lipinski definition) is 2. The predicted octanol–water partition coefficient (Wildman–Crippen LogP) is 1.84. The van der Waals surface area contributed by atoms with E-state index in [0.29, 0.717) is 18.1 Å². The van der Waals surface area contributed by atoms with Crippen molar-refractivity contribution in [1.82, 2.24) is 8.87 Å². The Bertz CT molecular complexity index is 1010. The van der Waals surface area contributed by atoms with Crippen LogP contribution in [0.15, 0.2) is 17.2 Å². The van der Waals surface area contributed by atoms with Crippen LogP contribution in [0.25, 0.3) is 0 Å². The number of amides is 2. The van der Waals surface area contributed by atoms with E-state index < -0.39 is 21.8 Å². The fourth-order valence-electron chi connectivity index (χ4n) is 3.16. The first-order valence-corrected chi connectivity index (χ1v) is 10.8. The number of nitrogens with one attached hydrogen (secondary N) is 1. The quantitative estimate of drug-likeness (QED) is 0.782. The Morgan fingerprint density at radius 2 is 1.85 bits per heavy atom. The maximum absolute atomic E-state index is 12.7. The summed E-state index contributed by atoms with van der Waals surface area (Å²) in [6.07, 6.45) is 3.11. The number of nitrogens with two attached hydrogens (primary N) is 1. The van der Waals surface area contributed by atoms with E-state index >= 15 is 0 Å². The number of carbonyl (C=O) groups excluding carboxylic acids is 2. The van der Waals surface area contributed by atoms with Crippen molar-refractivity contribution < 1.29 is 18.0 Å². The molecule has 0 aromatic carbocycles. The van der Waals surface area contributed by atoms with Crippen molar-refractivity contribution in [3.8, 4) is 0 Å². The number of aryl methyl sites for hydroxylation is 2. The Kier molecular flexibility index (Phi) is 5.15. The van der Waals surface area contributed by atoms with Gasteiger partial charge in [0.15, 0.2) is 0 Å². The second-order valence-electron chi connectivity index (χ2n) is 6.59. The normalized spacial score (nSPS) is 15.2. The number of carbonyl (C=O) groups is 2. The molecule has 2 aromatic rings. The fraction of sp³-hybridized carbons (Fsp3) is 0.412. The number of nitrogens with zero attached hydrogens (tertiary/aromatic N) is 2. The number of aromatic nitrogens is 1. The van der Waals surface area contributed by atoms with Gasteiger partial charge in [-0.05, 0) is 38.3 Å². The summed E-state index contributed by atoms with van der Waals surface area (Å²) in [6.45, 7) is 4.60. The topological polar surface area (TPSA) is 114 Å². The summed E-state index contributed by atoms with van der Waals surface area (Å²) in [7, 11) is -2.00. The van der Waals surface area contributed by atoms with Gasteiger partial charge in [-0.1, -0.05) is 0 Å². The average Bonchev–Trinajstić information content (AvgIpc) is 3.28. The van der Waals surface area contributed by atoms with E-state index in [-0.39, 0.29) is 16.2 Å². The molecule has 1 fully saturated rings. The Morgan fingerprint density at radius 3 is 2.44 bits per heavy atom. The Balaban J connectivity index is 1.90. The maximum atomic E-state index is 12.7. The molecule has 3 heterocycles. The molecule has 0 bridgehead atoms. The fourth-order valence-corrected chi connectivity index (χ4v) is 5.81. The standard InChI is InChI=1S/C17H22N4O4S2/c1-10-11(2)26-17(14(10)15(18)22)19-16(23)13-8-12(9-20(13)3)27(24,25)21-6-4-5-7-21/h8-9H,4-7H2,1-3H3,(H2,18,22)(H,19,23). The molecule has 3 N–H and O–H groups in total. The first-order valence-electron chi connectivity index (χ1n) is 8.50. The highest BCUT2D eigenvalue weighted by Gasteiger charge is 2.30. The second-order valence-corrected chi connectivity index (χ2v) is 9.75. The minimum atomic E-state index is -3.61. The van der Waals surface area contributed by atoms with Crippen molar-refractivity contribution in [2.24, 2.45) is 12.8 Å². The van der Waals surface area contributed by atoms with Crippen LogP contribution in [-0.2, 0) is 17.1 Å². The Morgan fingerprint density at radius 1 is 1.22 bits per heavy atom. The maximum Gasteiger partial charge on any atom is 0.272 e. The molecule has 146 valence electrons. The molecule has 1 aliphatic heterocycles. The second kappa shape index (κ2) is 7.10. The van der Waals surface area contributed by atoms with Gasteiger partial charge in [0.2, 0.25) is 10.0 Å². The summed E-state index contributed by atoms with van der Waals surface area (Å²) in [4.78, 5) is 25.4. The highest BCUT2D eigenvalue weighted by molar-refractivity contribution is 7.89. The van der Waals surface area contributed by atoms with Crippen LogP contribution in [0.1, 0.15) is 44.1 Å². The van der Waals surface area contributed by atoms with Crippen LogP contribution < -0.4 is 11.1 Å². The summed E-state index contributed by atoms with van der Waals surface area (Å²) in [5, 5.41) is 3.06. The zero-order valence-electron chi connectivity index (χ0n) is 15.4. The highest BCUT2D eigenvalue weighted by Crippen LogP contribution is 2.32. The predicted molar refractivity (Wildman–Crippen MR) is 104 cm³/mol. The first-order chi connectivity index (χ1) is 12.6. The molecule has 8 nitrogen and oxygen atoms in total. The van der Waals surface area contributed by atoms with E-state index in [9.17, 15) is 18.0 Å². The minimum Gasteiger partial charge on any atom is -0.365 e. The number of hydrogen-bond acceptors (Lipinski definition) is 5. The molecule has 2 aromatic heterocycles. The number of primary amides is 1. The molecule has 2 amide bonds. The summed E-state index contributed by atoms with van der Waals surface area (Å²) in [6, 6.07) is 1.36. The van der Waals surface area contributed by atoms with E-state index in [0.717, 1.165) is 23.3 Å². The molecule has 0 unspecified atom stereocenters. The van der Waals surface area contributed by atoms with Gasteiger partial charge in [-0.15, -0.1) is 11.3 Å². The highest BCUT2D eigenvalue weighted by atomic mass is 32.2. The van der Waals surface area contributed by atoms with E-state index in [1.54, 1.807) is 14.0 Å². The van der Waals surface area contributed by atoms with Gasteiger partial charge >= 0.3 is 0 Å². The third-order valence-electron chi connectivity index (χ3n) is 4.77. The lowest BCUT2D eigenvalue weighted by atomic mass is 10.1. The number of anilines is 1. The van der Waals surface area contributed by atoms with E-state index in [4.69, 9.17) is 5.73 Å². The summed E-state index contributed by atoms with van der Waals surface area (Å²) in [5.74, 6) is -1.11. The zero-order chi connectivity index (χ0) is 19.9. The molecule has 0 radical (unpaired) electrons. The van der Waals surface area contributed by atoms with E-state index in [1.807, 2.05) is 6.92 Å². The Labute approximate surface area is 162 Å². The molecule has 0 saturated carbocycles. The minimum absolute atomic E-state index is 0.0886. The smallest absolute Gasteiger partial charge is 0.272 e. The van der Waals surface area contributed by atoms with Gasteiger partial charge in [0.05, 0.1) is 5.56 Å². The Hall–Kier alpha value is -2.17. The van der Waals surface area contributed by atoms with Crippen LogP contribution in [0.2, 0.25) is 0 Å². The third kappa shape index (κ3) is 3.52. The summed E-state index contributed by atoms with van der Waals surface area (Å²) >= 11 is 1.26. The van der Waals surface area contributed by atoms with Crippen molar-refractivity contribution in [3.05, 3.63) is 34.0 Å². The first kappa shape index (κ1) is 19.6. The molecule has 10 heteroatoms. The van der Waals surface area contributed by atoms with Crippen LogP contribution in [0.3, 0.4) is 0 Å². The number of sulfonamides is 1. The summed E-state index contributed by atoms with van der Waals surface area (Å²) < 4.78 is 28.3.